The van der Waals surface area contributed by atoms with Crippen molar-refractivity contribution in [2.75, 3.05) is 0 Å². The molecule has 0 fully saturated rings. The monoisotopic (exact) mass is 276 g/mol. The minimum Gasteiger partial charge on any atom is -1.00 e. The summed E-state index contributed by atoms with van der Waals surface area (Å²) in [5.74, 6) is 0. The summed E-state index contributed by atoms with van der Waals surface area (Å²) >= 11 is 0. The van der Waals surface area contributed by atoms with E-state index in [0.717, 1.165) is 0 Å². The number of rotatable bonds is 9. The molecule has 0 aromatic carbocycles. The van der Waals surface area contributed by atoms with Gasteiger partial charge in [-0.2, -0.15) is 0 Å². The van der Waals surface area contributed by atoms with Crippen LogP contribution < -0.4 is 51.4 Å². The second-order valence-electron chi connectivity index (χ2n) is 4.01. The molecule has 0 saturated carbocycles. The maximum absolute atomic E-state index is 4.86. The van der Waals surface area contributed by atoms with E-state index in [1.807, 2.05) is 41.5 Å². The zero-order valence-electron chi connectivity index (χ0n) is 12.8. The third kappa shape index (κ3) is 15.4. The van der Waals surface area contributed by atoms with Gasteiger partial charge >= 0.3 is 58.7 Å². The van der Waals surface area contributed by atoms with Crippen molar-refractivity contribution in [3.05, 3.63) is 0 Å². The van der Waals surface area contributed by atoms with Gasteiger partial charge in [-0.05, 0) is 41.5 Å². The third-order valence-corrected chi connectivity index (χ3v) is 0.980. The molecule has 0 amide bonds. The molecule has 0 atom stereocenters. The van der Waals surface area contributed by atoms with Crippen LogP contribution >= 0.6 is 0 Å². The van der Waals surface area contributed by atoms with Gasteiger partial charge < -0.3 is 1.43 Å². The summed E-state index contributed by atoms with van der Waals surface area (Å²) in [5.41, 5.74) is 0. The fourth-order valence-corrected chi connectivity index (χ4v) is 0.518. The maximum atomic E-state index is 4.86. The van der Waals surface area contributed by atoms with Gasteiger partial charge in [0.05, 0.1) is 18.3 Å². The van der Waals surface area contributed by atoms with Crippen LogP contribution in [0, 0.1) is 0 Å². The molecule has 0 aliphatic rings. The topological polar surface area (TPSA) is 55.4 Å². The Bertz CT molecular complexity index is 147. The Morgan fingerprint density at radius 2 is 0.882 bits per heavy atom. The fraction of sp³-hybridized carbons (Fsp3) is 1.00. The molecule has 0 heterocycles. The van der Waals surface area contributed by atoms with Gasteiger partial charge in [0.1, 0.15) is 0 Å². The van der Waals surface area contributed by atoms with Crippen LogP contribution in [0.2, 0.25) is 0 Å². The van der Waals surface area contributed by atoms with Crippen molar-refractivity contribution in [3.63, 3.8) is 0 Å². The summed E-state index contributed by atoms with van der Waals surface area (Å²) in [6, 6.07) is 0. The van der Waals surface area contributed by atoms with Gasteiger partial charge in [0, 0.05) is 0 Å². The van der Waals surface area contributed by atoms with Crippen LogP contribution in [-0.4, -0.2) is 25.6 Å². The third-order valence-electron chi connectivity index (χ3n) is 0.980. The first kappa shape index (κ1) is 20.8. The molecule has 0 aromatic rings. The normalized spacial score (nSPS) is 11.1. The van der Waals surface area contributed by atoms with Crippen molar-refractivity contribution in [3.8, 4) is 0 Å². The van der Waals surface area contributed by atoms with Crippen molar-refractivity contribution in [2.24, 2.45) is 0 Å². The molecule has 0 radical (unpaired) electrons. The summed E-state index contributed by atoms with van der Waals surface area (Å²) in [4.78, 5) is 29.0. The molecule has 0 aliphatic carbocycles. The predicted molar refractivity (Wildman–Crippen MR) is 58.8 cm³/mol. The molecule has 6 nitrogen and oxygen atoms in total. The Labute approximate surface area is 147 Å². The summed E-state index contributed by atoms with van der Waals surface area (Å²) < 4.78 is 0. The van der Waals surface area contributed by atoms with Gasteiger partial charge in [-0.15, -0.1) is 0 Å². The van der Waals surface area contributed by atoms with Gasteiger partial charge in [-0.1, -0.05) is 0 Å². The van der Waals surface area contributed by atoms with Crippen LogP contribution in [0.1, 0.15) is 43.0 Å². The van der Waals surface area contributed by atoms with E-state index in [2.05, 4.69) is 0 Å². The predicted octanol–water partition coefficient (Wildman–Crippen LogP) is -0.842. The quantitative estimate of drug-likeness (QED) is 0.311. The second-order valence-corrected chi connectivity index (χ2v) is 4.01. The Balaban J connectivity index is -0.00000112. The Kier molecular flexibility index (Phi) is 15.3. The Morgan fingerprint density at radius 1 is 0.647 bits per heavy atom. The van der Waals surface area contributed by atoms with Gasteiger partial charge in [0.25, 0.3) is 0 Å². The first-order valence-electron chi connectivity index (χ1n) is 5.38. The van der Waals surface area contributed by atoms with Crippen LogP contribution in [0.15, 0.2) is 0 Å². The molecule has 0 aromatic heterocycles. The van der Waals surface area contributed by atoms with Crippen molar-refractivity contribution in [1.29, 1.82) is 0 Å². The van der Waals surface area contributed by atoms with Gasteiger partial charge in [-0.25, -0.2) is 29.1 Å². The summed E-state index contributed by atoms with van der Waals surface area (Å²) in [7, 11) is -1.17. The van der Waals surface area contributed by atoms with Crippen LogP contribution in [0.4, 0.5) is 0 Å². The smallest absolute Gasteiger partial charge is 1.00 e. The summed E-state index contributed by atoms with van der Waals surface area (Å²) in [6.45, 7) is 10.9. The van der Waals surface area contributed by atoms with Crippen molar-refractivity contribution < 1.29 is 81.9 Å². The molecular formula is C9H22BKO6. The molecule has 0 bridgehead atoms. The minimum absolute atomic E-state index is 0. The molecule has 0 saturated heterocycles. The van der Waals surface area contributed by atoms with E-state index in [-0.39, 0.29) is 71.1 Å². The Morgan fingerprint density at radius 3 is 1.06 bits per heavy atom. The molecule has 8 heteroatoms. The van der Waals surface area contributed by atoms with E-state index < -0.39 is 7.32 Å². The van der Waals surface area contributed by atoms with E-state index >= 15 is 0 Å². The summed E-state index contributed by atoms with van der Waals surface area (Å²) in [6.07, 6.45) is -0.353. The average molecular weight is 276 g/mol. The molecule has 98 valence electrons. The molecule has 0 aliphatic heterocycles. The molecule has 0 N–H and O–H groups in total. The number of hydrogen-bond acceptors (Lipinski definition) is 6. The van der Waals surface area contributed by atoms with E-state index in [4.69, 9.17) is 29.1 Å². The SMILES string of the molecule is CC(C)OOB(OOC(C)C)OOC(C)C.[H-].[K+]. The van der Waals surface area contributed by atoms with Crippen molar-refractivity contribution in [2.45, 2.75) is 59.9 Å². The van der Waals surface area contributed by atoms with Gasteiger partial charge in [-0.3, -0.25) is 0 Å². The molecule has 0 spiro atoms. The summed E-state index contributed by atoms with van der Waals surface area (Å²) in [5, 5.41) is 0. The Hall–Kier alpha value is 1.46. The molecule has 0 unspecified atom stereocenters. The largest absolute Gasteiger partial charge is 1.00 e. The first-order valence-corrected chi connectivity index (χ1v) is 5.38. The zero-order chi connectivity index (χ0) is 12.6. The van der Waals surface area contributed by atoms with Crippen LogP contribution in [0.25, 0.3) is 0 Å². The standard InChI is InChI=1S/C9H21BO6.K.H/c1-7(2)11-14-10(15-12-8(3)4)16-13-9(5)6;;/h7-9H,1-6H3;;/q;+1;-1. The van der Waals surface area contributed by atoms with Gasteiger partial charge in [0.15, 0.2) is 0 Å². The fourth-order valence-electron chi connectivity index (χ4n) is 0.518. The molecule has 0 rings (SSSR count). The average Bonchev–Trinajstić information content (AvgIpc) is 2.15. The van der Waals surface area contributed by atoms with Crippen LogP contribution in [-0.2, 0) is 29.1 Å². The minimum atomic E-state index is -1.17. The van der Waals surface area contributed by atoms with Crippen LogP contribution in [0.5, 0.6) is 0 Å². The van der Waals surface area contributed by atoms with E-state index in [1.54, 1.807) is 0 Å². The zero-order valence-corrected chi connectivity index (χ0v) is 14.9. The van der Waals surface area contributed by atoms with E-state index in [1.165, 1.54) is 0 Å². The van der Waals surface area contributed by atoms with E-state index in [9.17, 15) is 0 Å². The number of hydrogen-bond donors (Lipinski definition) is 0. The molecular weight excluding hydrogens is 254 g/mol. The first-order chi connectivity index (χ1) is 7.41. The van der Waals surface area contributed by atoms with Crippen molar-refractivity contribution in [1.82, 2.24) is 0 Å². The van der Waals surface area contributed by atoms with Crippen molar-refractivity contribution >= 4 is 7.32 Å². The second kappa shape index (κ2) is 12.5. The molecule has 17 heavy (non-hydrogen) atoms. The van der Waals surface area contributed by atoms with Gasteiger partial charge in [0.2, 0.25) is 0 Å². The maximum Gasteiger partial charge on any atom is 1.00 e. The van der Waals surface area contributed by atoms with Crippen LogP contribution in [0.3, 0.4) is 0 Å². The van der Waals surface area contributed by atoms with E-state index in [0.29, 0.717) is 0 Å².